The van der Waals surface area contributed by atoms with Crippen LogP contribution in [-0.4, -0.2) is 46.3 Å². The van der Waals surface area contributed by atoms with Crippen LogP contribution in [0.5, 0.6) is 5.75 Å². The molecule has 1 aromatic carbocycles. The van der Waals surface area contributed by atoms with E-state index in [1.54, 1.807) is 0 Å². The molecular weight excluding hydrogens is 330 g/mol. The third kappa shape index (κ3) is 4.90. The number of benzene rings is 1. The summed E-state index contributed by atoms with van der Waals surface area (Å²) in [4.78, 5) is 21.6. The topological polar surface area (TPSA) is 67.4 Å². The Labute approximate surface area is 154 Å². The summed E-state index contributed by atoms with van der Waals surface area (Å²) in [6, 6.07) is 5.96. The summed E-state index contributed by atoms with van der Waals surface area (Å²) >= 11 is 0. The molecule has 6 heteroatoms. The average Bonchev–Trinajstić information content (AvgIpc) is 2.93. The van der Waals surface area contributed by atoms with Crippen LogP contribution in [0.2, 0.25) is 0 Å². The van der Waals surface area contributed by atoms with Gasteiger partial charge in [-0.15, -0.1) is 0 Å². The van der Waals surface area contributed by atoms with E-state index in [1.165, 1.54) is 0 Å². The summed E-state index contributed by atoms with van der Waals surface area (Å²) in [5.74, 6) is 2.36. The van der Waals surface area contributed by atoms with E-state index in [-0.39, 0.29) is 6.09 Å². The minimum atomic E-state index is -0.435. The highest BCUT2D eigenvalue weighted by atomic mass is 16.6. The van der Waals surface area contributed by atoms with Crippen molar-refractivity contribution >= 4 is 17.1 Å². The molecule has 2 aromatic rings. The van der Waals surface area contributed by atoms with Gasteiger partial charge in [-0.1, -0.05) is 0 Å². The first-order valence-corrected chi connectivity index (χ1v) is 9.37. The fourth-order valence-electron chi connectivity index (χ4n) is 3.28. The van der Waals surface area contributed by atoms with Gasteiger partial charge in [0, 0.05) is 19.2 Å². The number of rotatable bonds is 4. The minimum absolute atomic E-state index is 0.199. The quantitative estimate of drug-likeness (QED) is 0.884. The smallest absolute Gasteiger partial charge is 0.410 e. The first-order chi connectivity index (χ1) is 12.3. The van der Waals surface area contributed by atoms with Crippen molar-refractivity contribution in [1.82, 2.24) is 14.9 Å². The van der Waals surface area contributed by atoms with Crippen LogP contribution >= 0.6 is 0 Å². The second kappa shape index (κ2) is 7.56. The van der Waals surface area contributed by atoms with E-state index in [9.17, 15) is 4.79 Å². The normalized spacial score (nSPS) is 16.1. The molecule has 1 aromatic heterocycles. The third-order valence-corrected chi connectivity index (χ3v) is 4.63. The molecule has 1 amide bonds. The number of likely N-dealkylation sites (tertiary alicyclic amines) is 1. The number of aryl methyl sites for hydroxylation is 1. The van der Waals surface area contributed by atoms with E-state index >= 15 is 0 Å². The molecule has 0 unspecified atom stereocenters. The number of fused-ring (bicyclic) bond motifs is 1. The Balaban J connectivity index is 1.41. The van der Waals surface area contributed by atoms with Gasteiger partial charge in [0.1, 0.15) is 17.2 Å². The lowest BCUT2D eigenvalue weighted by Crippen LogP contribution is -2.41. The van der Waals surface area contributed by atoms with Crippen LogP contribution < -0.4 is 4.74 Å². The van der Waals surface area contributed by atoms with Crippen molar-refractivity contribution in [3.63, 3.8) is 0 Å². The molecule has 0 aliphatic carbocycles. The highest BCUT2D eigenvalue weighted by Gasteiger charge is 2.26. The van der Waals surface area contributed by atoms with E-state index in [0.29, 0.717) is 12.5 Å². The summed E-state index contributed by atoms with van der Waals surface area (Å²) < 4.78 is 11.3. The first kappa shape index (κ1) is 18.5. The van der Waals surface area contributed by atoms with E-state index in [1.807, 2.05) is 50.8 Å². The zero-order valence-electron chi connectivity index (χ0n) is 16.2. The molecule has 1 aliphatic rings. The van der Waals surface area contributed by atoms with Gasteiger partial charge in [-0.25, -0.2) is 9.78 Å². The fourth-order valence-corrected chi connectivity index (χ4v) is 3.28. The molecule has 26 heavy (non-hydrogen) atoms. The van der Waals surface area contributed by atoms with Crippen molar-refractivity contribution in [2.45, 2.75) is 52.6 Å². The number of nitrogens with zero attached hydrogens (tertiary/aromatic N) is 2. The van der Waals surface area contributed by atoms with Crippen molar-refractivity contribution in [2.24, 2.45) is 5.92 Å². The highest BCUT2D eigenvalue weighted by molar-refractivity contribution is 5.76. The lowest BCUT2D eigenvalue weighted by Gasteiger charge is -2.33. The Kier molecular flexibility index (Phi) is 5.39. The second-order valence-corrected chi connectivity index (χ2v) is 8.05. The Morgan fingerprint density at radius 2 is 2.04 bits per heavy atom. The van der Waals surface area contributed by atoms with Crippen LogP contribution in [0.15, 0.2) is 18.2 Å². The second-order valence-electron chi connectivity index (χ2n) is 8.05. The lowest BCUT2D eigenvalue weighted by molar-refractivity contribution is 0.0177. The highest BCUT2D eigenvalue weighted by Crippen LogP contribution is 2.24. The maximum atomic E-state index is 12.1. The van der Waals surface area contributed by atoms with Crippen molar-refractivity contribution in [3.05, 3.63) is 24.0 Å². The van der Waals surface area contributed by atoms with E-state index in [2.05, 4.69) is 9.97 Å². The Bertz CT molecular complexity index is 755. The van der Waals surface area contributed by atoms with Gasteiger partial charge >= 0.3 is 6.09 Å². The number of nitrogens with one attached hydrogen (secondary N) is 1. The molecule has 0 radical (unpaired) electrons. The number of carbonyl (C=O) groups is 1. The third-order valence-electron chi connectivity index (χ3n) is 4.63. The molecule has 1 saturated heterocycles. The molecule has 0 spiro atoms. The van der Waals surface area contributed by atoms with Crippen LogP contribution in [0.25, 0.3) is 11.0 Å². The number of carbonyl (C=O) groups excluding carboxylic acids is 1. The molecule has 142 valence electrons. The van der Waals surface area contributed by atoms with Gasteiger partial charge in [0.05, 0.1) is 17.6 Å². The summed E-state index contributed by atoms with van der Waals surface area (Å²) in [5.41, 5.74) is 1.53. The van der Waals surface area contributed by atoms with E-state index < -0.39 is 5.60 Å². The van der Waals surface area contributed by atoms with E-state index in [0.717, 1.165) is 55.0 Å². The standard InChI is InChI=1S/C20H29N3O3/c1-14-21-17-6-5-16(13-18(17)22-14)25-12-9-15-7-10-23(11-8-15)19(24)26-20(2,3)4/h5-6,13,15H,7-12H2,1-4H3,(H,21,22). The largest absolute Gasteiger partial charge is 0.494 e. The van der Waals surface area contributed by atoms with Crippen molar-refractivity contribution < 1.29 is 14.3 Å². The number of aromatic amines is 1. The van der Waals surface area contributed by atoms with Crippen LogP contribution in [0.1, 0.15) is 45.9 Å². The number of ether oxygens (including phenoxy) is 2. The number of piperidine rings is 1. The molecule has 1 fully saturated rings. The average molecular weight is 359 g/mol. The van der Waals surface area contributed by atoms with Crippen LogP contribution in [0, 0.1) is 12.8 Å². The van der Waals surface area contributed by atoms with Crippen molar-refractivity contribution in [1.29, 1.82) is 0 Å². The summed E-state index contributed by atoms with van der Waals surface area (Å²) in [5, 5.41) is 0. The molecule has 1 N–H and O–H groups in total. The molecule has 2 heterocycles. The van der Waals surface area contributed by atoms with Gasteiger partial charge in [0.25, 0.3) is 0 Å². The Hall–Kier alpha value is -2.24. The number of amides is 1. The van der Waals surface area contributed by atoms with Crippen LogP contribution in [0.3, 0.4) is 0 Å². The molecule has 1 aliphatic heterocycles. The van der Waals surface area contributed by atoms with Gasteiger partial charge in [0.2, 0.25) is 0 Å². The van der Waals surface area contributed by atoms with Crippen LogP contribution in [-0.2, 0) is 4.74 Å². The zero-order valence-corrected chi connectivity index (χ0v) is 16.2. The maximum Gasteiger partial charge on any atom is 0.410 e. The van der Waals surface area contributed by atoms with Gasteiger partial charge in [-0.3, -0.25) is 0 Å². The monoisotopic (exact) mass is 359 g/mol. The number of H-pyrrole nitrogens is 1. The molecule has 0 atom stereocenters. The molecule has 0 saturated carbocycles. The van der Waals surface area contributed by atoms with Gasteiger partial charge in [0.15, 0.2) is 0 Å². The molecule has 6 nitrogen and oxygen atoms in total. The SMILES string of the molecule is Cc1nc2cc(OCCC3CCN(C(=O)OC(C)(C)C)CC3)ccc2[nH]1. The Morgan fingerprint density at radius 3 is 2.73 bits per heavy atom. The van der Waals surface area contributed by atoms with E-state index in [4.69, 9.17) is 9.47 Å². The minimum Gasteiger partial charge on any atom is -0.494 e. The van der Waals surface area contributed by atoms with Gasteiger partial charge in [-0.2, -0.15) is 0 Å². The predicted molar refractivity (Wildman–Crippen MR) is 101 cm³/mol. The van der Waals surface area contributed by atoms with Gasteiger partial charge in [-0.05, 0) is 65.0 Å². The zero-order chi connectivity index (χ0) is 18.7. The maximum absolute atomic E-state index is 12.1. The number of aromatic nitrogens is 2. The summed E-state index contributed by atoms with van der Waals surface area (Å²) in [6.07, 6.45) is 2.80. The predicted octanol–water partition coefficient (Wildman–Crippen LogP) is 4.29. The van der Waals surface area contributed by atoms with Crippen molar-refractivity contribution in [2.75, 3.05) is 19.7 Å². The molecule has 0 bridgehead atoms. The fraction of sp³-hybridized carbons (Fsp3) is 0.600. The molecule has 3 rings (SSSR count). The van der Waals surface area contributed by atoms with Crippen LogP contribution in [0.4, 0.5) is 4.79 Å². The first-order valence-electron chi connectivity index (χ1n) is 9.37. The summed E-state index contributed by atoms with van der Waals surface area (Å²) in [7, 11) is 0. The summed E-state index contributed by atoms with van der Waals surface area (Å²) in [6.45, 7) is 9.86. The number of hydrogen-bond acceptors (Lipinski definition) is 4. The Morgan fingerprint density at radius 1 is 1.31 bits per heavy atom. The number of hydrogen-bond donors (Lipinski definition) is 1. The lowest BCUT2D eigenvalue weighted by atomic mass is 9.94. The van der Waals surface area contributed by atoms with Gasteiger partial charge < -0.3 is 19.4 Å². The number of imidazole rings is 1. The van der Waals surface area contributed by atoms with Crippen molar-refractivity contribution in [3.8, 4) is 5.75 Å². The molecular formula is C20H29N3O3.